The number of methoxy groups -OCH3 is 1. The molecule has 1 atom stereocenters. The number of hydrogen-bond acceptors (Lipinski definition) is 5. The van der Waals surface area contributed by atoms with Gasteiger partial charge in [-0.05, 0) is 36.7 Å². The third kappa shape index (κ3) is 2.92. The van der Waals surface area contributed by atoms with E-state index in [0.717, 1.165) is 36.6 Å². The molecule has 0 saturated carbocycles. The second kappa shape index (κ2) is 6.20. The van der Waals surface area contributed by atoms with Crippen LogP contribution in [0.4, 0.5) is 5.69 Å². The number of nitrogens with zero attached hydrogens (tertiary/aromatic N) is 3. The van der Waals surface area contributed by atoms with Gasteiger partial charge in [0.1, 0.15) is 5.72 Å². The Hall–Kier alpha value is -1.69. The number of ether oxygens (including phenoxy) is 1. The molecule has 1 fully saturated rings. The van der Waals surface area contributed by atoms with Crippen molar-refractivity contribution in [2.75, 3.05) is 31.6 Å². The first kappa shape index (κ1) is 15.2. The number of nitrogens with one attached hydrogen (secondary N) is 1. The third-order valence-electron chi connectivity index (χ3n) is 4.08. The molecule has 6 heteroatoms. The lowest BCUT2D eigenvalue weighted by Gasteiger charge is -2.45. The standard InChI is InChI=1S/C16H19ClN4O/c1-16(22-2)11-18-9-10-21(16)13-5-3-12(4-6-13)14-7-8-19-15(17)20-14/h3-8,18H,9-11H2,1-2H3. The molecule has 0 amide bonds. The van der Waals surface area contributed by atoms with Crippen molar-refractivity contribution in [3.05, 3.63) is 41.8 Å². The van der Waals surface area contributed by atoms with Crippen LogP contribution in [0.2, 0.25) is 5.28 Å². The maximum atomic E-state index is 5.85. The van der Waals surface area contributed by atoms with Crippen molar-refractivity contribution < 1.29 is 4.74 Å². The fourth-order valence-electron chi connectivity index (χ4n) is 2.74. The highest BCUT2D eigenvalue weighted by molar-refractivity contribution is 6.28. The third-order valence-corrected chi connectivity index (χ3v) is 4.26. The molecule has 22 heavy (non-hydrogen) atoms. The summed E-state index contributed by atoms with van der Waals surface area (Å²) >= 11 is 5.85. The Morgan fingerprint density at radius 3 is 2.73 bits per heavy atom. The van der Waals surface area contributed by atoms with Gasteiger partial charge in [-0.25, -0.2) is 9.97 Å². The van der Waals surface area contributed by atoms with E-state index in [-0.39, 0.29) is 11.0 Å². The zero-order valence-corrected chi connectivity index (χ0v) is 13.5. The summed E-state index contributed by atoms with van der Waals surface area (Å²) in [4.78, 5) is 10.4. The van der Waals surface area contributed by atoms with Crippen molar-refractivity contribution in [1.29, 1.82) is 0 Å². The minimum Gasteiger partial charge on any atom is -0.358 e. The Bertz CT molecular complexity index is 649. The number of aromatic nitrogens is 2. The van der Waals surface area contributed by atoms with Gasteiger partial charge >= 0.3 is 0 Å². The molecule has 1 N–H and O–H groups in total. The van der Waals surface area contributed by atoms with Gasteiger partial charge in [-0.15, -0.1) is 0 Å². The molecule has 0 bridgehead atoms. The van der Waals surface area contributed by atoms with Crippen LogP contribution >= 0.6 is 11.6 Å². The second-order valence-electron chi connectivity index (χ2n) is 5.47. The molecule has 5 nitrogen and oxygen atoms in total. The Morgan fingerprint density at radius 2 is 2.05 bits per heavy atom. The number of piperazine rings is 1. The number of hydrogen-bond donors (Lipinski definition) is 1. The molecule has 0 radical (unpaired) electrons. The summed E-state index contributed by atoms with van der Waals surface area (Å²) in [6, 6.07) is 10.1. The van der Waals surface area contributed by atoms with Crippen LogP contribution in [0.5, 0.6) is 0 Å². The first-order valence-electron chi connectivity index (χ1n) is 7.25. The van der Waals surface area contributed by atoms with Crippen molar-refractivity contribution in [3.63, 3.8) is 0 Å². The lowest BCUT2D eigenvalue weighted by molar-refractivity contribution is -0.00502. The Balaban J connectivity index is 1.87. The monoisotopic (exact) mass is 318 g/mol. The zero-order valence-electron chi connectivity index (χ0n) is 12.7. The van der Waals surface area contributed by atoms with E-state index in [4.69, 9.17) is 16.3 Å². The molecule has 2 aromatic rings. The Kier molecular flexibility index (Phi) is 4.29. The molecule has 1 aliphatic rings. The molecule has 1 aromatic heterocycles. The molecule has 1 unspecified atom stereocenters. The summed E-state index contributed by atoms with van der Waals surface area (Å²) < 4.78 is 5.70. The first-order valence-corrected chi connectivity index (χ1v) is 7.63. The Labute approximate surface area is 135 Å². The zero-order chi connectivity index (χ0) is 15.6. The summed E-state index contributed by atoms with van der Waals surface area (Å²) in [7, 11) is 1.75. The minimum absolute atomic E-state index is 0.260. The molecule has 2 heterocycles. The van der Waals surface area contributed by atoms with Crippen molar-refractivity contribution in [2.24, 2.45) is 0 Å². The van der Waals surface area contributed by atoms with E-state index in [1.54, 1.807) is 13.3 Å². The van der Waals surface area contributed by atoms with Crippen LogP contribution in [0.25, 0.3) is 11.3 Å². The molecular formula is C16H19ClN4O. The van der Waals surface area contributed by atoms with Crippen molar-refractivity contribution in [2.45, 2.75) is 12.6 Å². The number of benzene rings is 1. The average Bonchev–Trinajstić information content (AvgIpc) is 2.55. The van der Waals surface area contributed by atoms with Gasteiger partial charge in [0.2, 0.25) is 5.28 Å². The van der Waals surface area contributed by atoms with Crippen LogP contribution in [0, 0.1) is 0 Å². The Morgan fingerprint density at radius 1 is 1.27 bits per heavy atom. The summed E-state index contributed by atoms with van der Waals surface area (Å²) in [5.41, 5.74) is 2.64. The van der Waals surface area contributed by atoms with E-state index in [0.29, 0.717) is 0 Å². The van der Waals surface area contributed by atoms with Gasteiger partial charge in [0.15, 0.2) is 0 Å². The van der Waals surface area contributed by atoms with Gasteiger partial charge in [0, 0.05) is 44.2 Å². The molecule has 1 saturated heterocycles. The summed E-state index contributed by atoms with van der Waals surface area (Å²) in [5, 5.41) is 3.63. The highest BCUT2D eigenvalue weighted by Gasteiger charge is 2.34. The van der Waals surface area contributed by atoms with Crippen molar-refractivity contribution >= 4 is 17.3 Å². The maximum Gasteiger partial charge on any atom is 0.222 e. The molecular weight excluding hydrogens is 300 g/mol. The number of rotatable bonds is 3. The van der Waals surface area contributed by atoms with Gasteiger partial charge in [-0.3, -0.25) is 0 Å². The highest BCUT2D eigenvalue weighted by atomic mass is 35.5. The fourth-order valence-corrected chi connectivity index (χ4v) is 2.88. The van der Waals surface area contributed by atoms with Gasteiger partial charge in [0.25, 0.3) is 0 Å². The normalized spacial score (nSPS) is 21.9. The van der Waals surface area contributed by atoms with Gasteiger partial charge in [0.05, 0.1) is 5.69 Å². The van der Waals surface area contributed by atoms with Crippen LogP contribution < -0.4 is 10.2 Å². The molecule has 0 spiro atoms. The van der Waals surface area contributed by atoms with Crippen LogP contribution in [0.1, 0.15) is 6.92 Å². The quantitative estimate of drug-likeness (QED) is 0.882. The topological polar surface area (TPSA) is 50.3 Å². The molecule has 1 aliphatic heterocycles. The lowest BCUT2D eigenvalue weighted by atomic mass is 10.1. The van der Waals surface area contributed by atoms with E-state index in [1.165, 1.54) is 0 Å². The van der Waals surface area contributed by atoms with E-state index in [2.05, 4.69) is 39.2 Å². The van der Waals surface area contributed by atoms with E-state index in [1.807, 2.05) is 18.2 Å². The molecule has 116 valence electrons. The minimum atomic E-state index is -0.335. The fraction of sp³-hybridized carbons (Fsp3) is 0.375. The van der Waals surface area contributed by atoms with Crippen molar-refractivity contribution in [1.82, 2.24) is 15.3 Å². The smallest absolute Gasteiger partial charge is 0.222 e. The maximum absolute atomic E-state index is 5.85. The van der Waals surface area contributed by atoms with Crippen LogP contribution in [0.3, 0.4) is 0 Å². The van der Waals surface area contributed by atoms with E-state index < -0.39 is 0 Å². The van der Waals surface area contributed by atoms with Gasteiger partial charge in [-0.2, -0.15) is 0 Å². The summed E-state index contributed by atoms with van der Waals surface area (Å²) in [6.07, 6.45) is 1.66. The molecule has 0 aliphatic carbocycles. The predicted octanol–water partition coefficient (Wildman–Crippen LogP) is 2.57. The van der Waals surface area contributed by atoms with Crippen LogP contribution in [0.15, 0.2) is 36.5 Å². The van der Waals surface area contributed by atoms with Crippen LogP contribution in [-0.4, -0.2) is 42.4 Å². The largest absolute Gasteiger partial charge is 0.358 e. The first-order chi connectivity index (χ1) is 10.6. The van der Waals surface area contributed by atoms with Crippen molar-refractivity contribution in [3.8, 4) is 11.3 Å². The lowest BCUT2D eigenvalue weighted by Crippen LogP contribution is -2.61. The summed E-state index contributed by atoms with van der Waals surface area (Å²) in [5.74, 6) is 0. The van der Waals surface area contributed by atoms with Crippen LogP contribution in [-0.2, 0) is 4.74 Å². The molecule has 1 aromatic carbocycles. The number of anilines is 1. The van der Waals surface area contributed by atoms with E-state index in [9.17, 15) is 0 Å². The van der Waals surface area contributed by atoms with Gasteiger partial charge in [-0.1, -0.05) is 12.1 Å². The van der Waals surface area contributed by atoms with Gasteiger partial charge < -0.3 is 15.0 Å². The summed E-state index contributed by atoms with van der Waals surface area (Å²) in [6.45, 7) is 4.75. The van der Waals surface area contributed by atoms with E-state index >= 15 is 0 Å². The molecule has 3 rings (SSSR count). The number of halogens is 1. The predicted molar refractivity (Wildman–Crippen MR) is 88.1 cm³/mol. The average molecular weight is 319 g/mol. The SMILES string of the molecule is COC1(C)CNCCN1c1ccc(-c2ccnc(Cl)n2)cc1. The second-order valence-corrected chi connectivity index (χ2v) is 5.80. The highest BCUT2D eigenvalue weighted by Crippen LogP contribution is 2.28.